The molecule has 0 atom stereocenters. The maximum absolute atomic E-state index is 13.8. The Balaban J connectivity index is 1.41. The highest BCUT2D eigenvalue weighted by Gasteiger charge is 2.53. The van der Waals surface area contributed by atoms with Crippen LogP contribution in [-0.4, -0.2) is 32.5 Å². The number of carbonyl (C=O) groups is 1. The molecule has 0 bridgehead atoms. The lowest BCUT2D eigenvalue weighted by molar-refractivity contribution is -0.137. The van der Waals surface area contributed by atoms with E-state index >= 15 is 0 Å². The minimum Gasteiger partial charge on any atom is -0.356 e. The summed E-state index contributed by atoms with van der Waals surface area (Å²) in [7, 11) is 2.19. The van der Waals surface area contributed by atoms with Crippen LogP contribution in [-0.2, 0) is 22.3 Å². The predicted molar refractivity (Wildman–Crippen MR) is 159 cm³/mol. The monoisotopic (exact) mass is 601 g/mol. The van der Waals surface area contributed by atoms with Gasteiger partial charge in [-0.25, -0.2) is 3.11 Å². The zero-order chi connectivity index (χ0) is 25.5. The summed E-state index contributed by atoms with van der Waals surface area (Å²) in [5.41, 5.74) is 5.83. The molecule has 1 N–H and O–H groups in total. The second-order valence-electron chi connectivity index (χ2n) is 10.4. The lowest BCUT2D eigenvalue weighted by Crippen LogP contribution is -2.57. The van der Waals surface area contributed by atoms with Crippen molar-refractivity contribution in [3.63, 3.8) is 0 Å². The van der Waals surface area contributed by atoms with Crippen LogP contribution in [0.5, 0.6) is 0 Å². The number of hydrogen-bond acceptors (Lipinski definition) is 2. The van der Waals surface area contributed by atoms with Crippen LogP contribution in [0.25, 0.3) is 17.0 Å². The molecule has 0 saturated heterocycles. The molecule has 2 heterocycles. The van der Waals surface area contributed by atoms with E-state index in [1.807, 2.05) is 36.4 Å². The number of nitrogens with zero attached hydrogens (tertiary/aromatic N) is 2. The van der Waals surface area contributed by atoms with Crippen LogP contribution in [0.1, 0.15) is 48.1 Å². The molecule has 1 fully saturated rings. The Morgan fingerprint density at radius 1 is 0.919 bits per heavy atom. The van der Waals surface area contributed by atoms with Gasteiger partial charge in [-0.1, -0.05) is 78.9 Å². The Morgan fingerprint density at radius 2 is 1.57 bits per heavy atom. The van der Waals surface area contributed by atoms with E-state index in [1.165, 1.54) is 27.7 Å². The number of para-hydroxylation sites is 1. The van der Waals surface area contributed by atoms with Crippen LogP contribution in [0, 0.1) is 0 Å². The molecule has 1 aromatic heterocycles. The van der Waals surface area contributed by atoms with Gasteiger partial charge in [0.25, 0.3) is 0 Å². The Kier molecular flexibility index (Phi) is 6.45. The minimum absolute atomic E-state index is 0.0503. The molecule has 1 aliphatic heterocycles. The molecule has 0 radical (unpaired) electrons. The largest absolute Gasteiger partial charge is 0.356 e. The Hall–Kier alpha value is -2.90. The van der Waals surface area contributed by atoms with E-state index in [4.69, 9.17) is 0 Å². The van der Waals surface area contributed by atoms with Crippen molar-refractivity contribution >= 4 is 45.8 Å². The molecule has 3 aromatic carbocycles. The molecular weight excluding hydrogens is 569 g/mol. The van der Waals surface area contributed by atoms with E-state index in [2.05, 4.69) is 97.5 Å². The number of benzene rings is 3. The highest BCUT2D eigenvalue weighted by atomic mass is 127. The normalized spacial score (nSPS) is 23.7. The third-order valence-electron chi connectivity index (χ3n) is 8.67. The molecule has 188 valence electrons. The Morgan fingerprint density at radius 3 is 2.27 bits per heavy atom. The van der Waals surface area contributed by atoms with Gasteiger partial charge in [0.15, 0.2) is 0 Å². The van der Waals surface area contributed by atoms with Crippen molar-refractivity contribution < 1.29 is 4.79 Å². The number of aromatic nitrogens is 1. The molecule has 5 heteroatoms. The fourth-order valence-electron chi connectivity index (χ4n) is 6.69. The minimum atomic E-state index is -0.338. The molecule has 37 heavy (non-hydrogen) atoms. The van der Waals surface area contributed by atoms with Crippen molar-refractivity contribution in [1.82, 2.24) is 13.0 Å². The molecule has 1 spiro atoms. The first kappa shape index (κ1) is 24.4. The van der Waals surface area contributed by atoms with E-state index in [-0.39, 0.29) is 17.0 Å². The van der Waals surface area contributed by atoms with E-state index < -0.39 is 0 Å². The molecule has 1 saturated carbocycles. The number of halogens is 1. The first-order valence-corrected chi connectivity index (χ1v) is 14.1. The maximum atomic E-state index is 13.8. The van der Waals surface area contributed by atoms with E-state index in [0.717, 1.165) is 44.2 Å². The third-order valence-corrected chi connectivity index (χ3v) is 9.59. The third kappa shape index (κ3) is 4.12. The van der Waals surface area contributed by atoms with Gasteiger partial charge in [0.2, 0.25) is 5.91 Å². The van der Waals surface area contributed by atoms with E-state index in [1.54, 1.807) is 6.08 Å². The van der Waals surface area contributed by atoms with Crippen LogP contribution >= 0.6 is 22.9 Å². The smallest absolute Gasteiger partial charge is 0.247 e. The van der Waals surface area contributed by atoms with Gasteiger partial charge < -0.3 is 9.88 Å². The number of hydrogen-bond donors (Lipinski definition) is 1. The van der Waals surface area contributed by atoms with Crippen LogP contribution in [0.2, 0.25) is 0 Å². The second kappa shape index (κ2) is 9.76. The molecule has 4 aromatic rings. The summed E-state index contributed by atoms with van der Waals surface area (Å²) < 4.78 is 2.36. The lowest BCUT2D eigenvalue weighted by Gasteiger charge is -2.54. The van der Waals surface area contributed by atoms with Crippen molar-refractivity contribution in [3.05, 3.63) is 113 Å². The van der Waals surface area contributed by atoms with Crippen LogP contribution in [0.3, 0.4) is 0 Å². The van der Waals surface area contributed by atoms with Crippen LogP contribution in [0.15, 0.2) is 91.0 Å². The summed E-state index contributed by atoms with van der Waals surface area (Å²) in [6.07, 6.45) is 8.40. The number of nitrogens with one attached hydrogen (secondary N) is 1. The highest BCUT2D eigenvalue weighted by Crippen LogP contribution is 2.54. The summed E-state index contributed by atoms with van der Waals surface area (Å²) in [5.74, 6) is 0.100. The van der Waals surface area contributed by atoms with Gasteiger partial charge in [-0.3, -0.25) is 4.79 Å². The Labute approximate surface area is 232 Å². The quantitative estimate of drug-likeness (QED) is 0.153. The fraction of sp³-hybridized carbons (Fsp3) is 0.281. The van der Waals surface area contributed by atoms with Gasteiger partial charge in [0, 0.05) is 52.1 Å². The summed E-state index contributed by atoms with van der Waals surface area (Å²) in [4.78, 5) is 19.8. The fourth-order valence-corrected chi connectivity index (χ4v) is 7.45. The average Bonchev–Trinajstić information content (AvgIpc) is 3.33. The van der Waals surface area contributed by atoms with Crippen LogP contribution < -0.4 is 0 Å². The number of fused-ring (bicyclic) bond motifs is 4. The van der Waals surface area contributed by atoms with Gasteiger partial charge in [-0.05, 0) is 68.0 Å². The number of H-pyrrole nitrogens is 1. The van der Waals surface area contributed by atoms with Crippen molar-refractivity contribution in [2.45, 2.75) is 43.2 Å². The lowest BCUT2D eigenvalue weighted by atomic mass is 9.65. The van der Waals surface area contributed by atoms with Gasteiger partial charge in [-0.2, -0.15) is 0 Å². The molecule has 1 aliphatic carbocycles. The van der Waals surface area contributed by atoms with Crippen LogP contribution in [0.4, 0.5) is 0 Å². The summed E-state index contributed by atoms with van der Waals surface area (Å²) >= 11 is 2.46. The molecule has 1 amide bonds. The number of aromatic amines is 1. The maximum Gasteiger partial charge on any atom is 0.247 e. The average molecular weight is 602 g/mol. The van der Waals surface area contributed by atoms with Gasteiger partial charge >= 0.3 is 0 Å². The molecular formula is C32H32IN3O. The first-order chi connectivity index (χ1) is 18.0. The van der Waals surface area contributed by atoms with Gasteiger partial charge in [-0.15, -0.1) is 0 Å². The number of carbonyl (C=O) groups excluding carboxylic acids is 1. The first-order valence-electron chi connectivity index (χ1n) is 13.1. The zero-order valence-corrected chi connectivity index (χ0v) is 23.3. The van der Waals surface area contributed by atoms with Crippen molar-refractivity contribution in [2.24, 2.45) is 0 Å². The molecule has 0 unspecified atom stereocenters. The van der Waals surface area contributed by atoms with Gasteiger partial charge in [0.1, 0.15) is 0 Å². The van der Waals surface area contributed by atoms with Crippen molar-refractivity contribution in [1.29, 1.82) is 0 Å². The standard InChI is InChI=1S/C32H32IN3O/c1-35(33)31(25-12-6-3-7-13-25)19-21-32(22-20-31)30-27(26-14-8-9-15-28(26)34-30)18-23-36(32)29(37)17-16-24-10-4-2-5-11-24/h2-17,34H,18-23H2,1H3/b17-16+. The zero-order valence-electron chi connectivity index (χ0n) is 21.2. The SMILES string of the molecule is CN(I)C1(c2ccccc2)CCC2(CC1)c1[nH]c3ccccc3c1CCN2C(=O)/C=C/c1ccccc1. The summed E-state index contributed by atoms with van der Waals surface area (Å²) in [6.45, 7) is 0.741. The van der Waals surface area contributed by atoms with E-state index in [0.29, 0.717) is 0 Å². The Bertz CT molecular complexity index is 1430. The molecule has 4 nitrogen and oxygen atoms in total. The topological polar surface area (TPSA) is 39.3 Å². The second-order valence-corrected chi connectivity index (χ2v) is 11.9. The summed E-state index contributed by atoms with van der Waals surface area (Å²) in [6, 6.07) is 29.6. The number of amides is 1. The van der Waals surface area contributed by atoms with Crippen molar-refractivity contribution in [2.75, 3.05) is 13.6 Å². The molecule has 2 aliphatic rings. The van der Waals surface area contributed by atoms with Gasteiger partial charge in [0.05, 0.1) is 11.1 Å². The van der Waals surface area contributed by atoms with E-state index in [9.17, 15) is 4.79 Å². The predicted octanol–water partition coefficient (Wildman–Crippen LogP) is 7.21. The summed E-state index contributed by atoms with van der Waals surface area (Å²) in [5, 5.41) is 1.30. The van der Waals surface area contributed by atoms with Crippen molar-refractivity contribution in [3.8, 4) is 0 Å². The molecule has 6 rings (SSSR count). The number of rotatable bonds is 4. The highest BCUT2D eigenvalue weighted by molar-refractivity contribution is 14.1.